The smallest absolute Gasteiger partial charge is 0.490 e. The van der Waals surface area contributed by atoms with Gasteiger partial charge in [0.15, 0.2) is 0 Å². The Labute approximate surface area is 283 Å². The van der Waals surface area contributed by atoms with Crippen LogP contribution < -0.4 is 10.5 Å². The molecule has 0 amide bonds. The number of aryl methyl sites for hydroxylation is 1. The minimum Gasteiger partial charge on any atom is -0.490 e. The SMILES string of the molecule is Cc1[nH]nc2ccc(-c3cncc(OC[C@@H](N)Cc4cccc(I)c4)c3)cc12.O=C(O)C(F)(F)F.O=C(O)C(F)(F)F.O=C(O)C(F)(F)F. The van der Waals surface area contributed by atoms with Crippen LogP contribution in [-0.4, -0.2) is 79.6 Å². The van der Waals surface area contributed by atoms with E-state index >= 15 is 0 Å². The second kappa shape index (κ2) is 18.2. The van der Waals surface area contributed by atoms with Crippen LogP contribution in [-0.2, 0) is 20.8 Å². The number of benzene rings is 2. The van der Waals surface area contributed by atoms with Gasteiger partial charge in [-0.25, -0.2) is 14.4 Å². The number of halogens is 10. The van der Waals surface area contributed by atoms with E-state index in [9.17, 15) is 39.5 Å². The lowest BCUT2D eigenvalue weighted by atomic mass is 10.0. The van der Waals surface area contributed by atoms with E-state index in [4.69, 9.17) is 40.2 Å². The van der Waals surface area contributed by atoms with Gasteiger partial charge in [0, 0.05) is 32.5 Å². The highest BCUT2D eigenvalue weighted by atomic mass is 127. The molecule has 0 aliphatic heterocycles. The van der Waals surface area contributed by atoms with Crippen molar-refractivity contribution in [3.63, 3.8) is 0 Å². The van der Waals surface area contributed by atoms with Crippen molar-refractivity contribution < 1.29 is 74.0 Å². The first-order chi connectivity index (χ1) is 22.4. The molecule has 4 aromatic rings. The summed E-state index contributed by atoms with van der Waals surface area (Å²) in [4.78, 5) is 31.0. The molecule has 2 aromatic carbocycles. The number of ether oxygens (including phenoxy) is 1. The van der Waals surface area contributed by atoms with Gasteiger partial charge < -0.3 is 25.8 Å². The number of nitrogens with one attached hydrogen (secondary N) is 1. The number of H-pyrrole nitrogens is 1. The largest absolute Gasteiger partial charge is 0.490 e. The number of nitrogens with zero attached hydrogens (tertiary/aromatic N) is 2. The molecule has 0 radical (unpaired) electrons. The molecule has 0 unspecified atom stereocenters. The summed E-state index contributed by atoms with van der Waals surface area (Å²) < 4.78 is 102. The first-order valence-corrected chi connectivity index (χ1v) is 13.9. The second-order valence-electron chi connectivity index (χ2n) is 9.30. The Morgan fingerprint density at radius 2 is 1.37 bits per heavy atom. The van der Waals surface area contributed by atoms with Crippen LogP contribution in [0, 0.1) is 10.5 Å². The number of carboxylic acids is 3. The summed E-state index contributed by atoms with van der Waals surface area (Å²) in [5.41, 5.74) is 11.6. The number of nitrogens with two attached hydrogens (primary N) is 1. The molecule has 268 valence electrons. The summed E-state index contributed by atoms with van der Waals surface area (Å²) in [6, 6.07) is 16.5. The Bertz CT molecular complexity index is 1660. The maximum absolute atomic E-state index is 10.6. The average molecular weight is 826 g/mol. The Morgan fingerprint density at radius 3 is 1.86 bits per heavy atom. The molecule has 0 aliphatic rings. The van der Waals surface area contributed by atoms with Crippen LogP contribution in [0.15, 0.2) is 60.9 Å². The predicted octanol–water partition coefficient (Wildman–Crippen LogP) is 6.39. The molecule has 4 rings (SSSR count). The number of pyridine rings is 1. The molecule has 21 heteroatoms. The molecule has 2 heterocycles. The quantitative estimate of drug-likeness (QED) is 0.108. The van der Waals surface area contributed by atoms with Crippen molar-refractivity contribution >= 4 is 51.4 Å². The van der Waals surface area contributed by atoms with E-state index in [0.717, 1.165) is 39.9 Å². The highest BCUT2D eigenvalue weighted by molar-refractivity contribution is 14.1. The maximum Gasteiger partial charge on any atom is 0.490 e. The van der Waals surface area contributed by atoms with Gasteiger partial charge in [-0.1, -0.05) is 18.2 Å². The lowest BCUT2D eigenvalue weighted by Gasteiger charge is -2.14. The normalized spacial score (nSPS) is 11.8. The third kappa shape index (κ3) is 15.9. The third-order valence-corrected chi connectivity index (χ3v) is 6.04. The van der Waals surface area contributed by atoms with Gasteiger partial charge in [0.1, 0.15) is 12.4 Å². The van der Waals surface area contributed by atoms with Crippen molar-refractivity contribution in [2.75, 3.05) is 6.61 Å². The molecule has 2 aromatic heterocycles. The molecule has 0 spiro atoms. The molecule has 49 heavy (non-hydrogen) atoms. The van der Waals surface area contributed by atoms with Crippen LogP contribution in [0.25, 0.3) is 22.0 Å². The summed E-state index contributed by atoms with van der Waals surface area (Å²) >= 11 is 2.31. The number of fused-ring (bicyclic) bond motifs is 1. The summed E-state index contributed by atoms with van der Waals surface area (Å²) in [5, 5.41) is 29.8. The van der Waals surface area contributed by atoms with Gasteiger partial charge in [0.2, 0.25) is 0 Å². The highest BCUT2D eigenvalue weighted by Crippen LogP contribution is 2.27. The zero-order chi connectivity index (χ0) is 37.7. The fourth-order valence-corrected chi connectivity index (χ4v) is 3.81. The summed E-state index contributed by atoms with van der Waals surface area (Å²) in [5.74, 6) is -7.55. The van der Waals surface area contributed by atoms with Crippen molar-refractivity contribution in [3.8, 4) is 16.9 Å². The van der Waals surface area contributed by atoms with Crippen LogP contribution >= 0.6 is 22.6 Å². The van der Waals surface area contributed by atoms with Crippen molar-refractivity contribution in [3.05, 3.63) is 75.8 Å². The predicted molar refractivity (Wildman–Crippen MR) is 161 cm³/mol. The minimum atomic E-state index is -5.08. The summed E-state index contributed by atoms with van der Waals surface area (Å²) in [7, 11) is 0. The van der Waals surface area contributed by atoms with E-state index in [1.807, 2.05) is 31.3 Å². The fraction of sp³-hybridized carbons (Fsp3) is 0.250. The van der Waals surface area contributed by atoms with Gasteiger partial charge in [-0.3, -0.25) is 10.1 Å². The minimum absolute atomic E-state index is 0.0770. The number of carboxylic acid groups (broad SMARTS) is 3. The van der Waals surface area contributed by atoms with Gasteiger partial charge in [-0.05, 0) is 77.4 Å². The number of aromatic amines is 1. The van der Waals surface area contributed by atoms with Gasteiger partial charge in [0.25, 0.3) is 0 Å². The first kappa shape index (κ1) is 42.4. The zero-order valence-corrected chi connectivity index (χ0v) is 26.6. The van der Waals surface area contributed by atoms with E-state index in [0.29, 0.717) is 6.61 Å². The Morgan fingerprint density at radius 1 is 0.837 bits per heavy atom. The van der Waals surface area contributed by atoms with Crippen molar-refractivity contribution in [2.45, 2.75) is 37.9 Å². The lowest BCUT2D eigenvalue weighted by molar-refractivity contribution is -0.193. The van der Waals surface area contributed by atoms with Crippen LogP contribution in [0.2, 0.25) is 0 Å². The molecule has 0 saturated carbocycles. The van der Waals surface area contributed by atoms with E-state index in [1.165, 1.54) is 9.13 Å². The second-order valence-corrected chi connectivity index (χ2v) is 10.5. The molecular formula is C28H24F9IN4O7. The molecule has 0 fully saturated rings. The van der Waals surface area contributed by atoms with E-state index in [2.05, 4.69) is 68.1 Å². The third-order valence-electron chi connectivity index (χ3n) is 5.37. The first-order valence-electron chi connectivity index (χ1n) is 12.8. The average Bonchev–Trinajstić information content (AvgIpc) is 3.35. The number of carbonyl (C=O) groups is 3. The van der Waals surface area contributed by atoms with Crippen LogP contribution in [0.5, 0.6) is 5.75 Å². The van der Waals surface area contributed by atoms with Gasteiger partial charge in [-0.2, -0.15) is 44.6 Å². The standard InChI is InChI=1S/C22H21IN4O.3C2HF3O2/c1-14-21-10-16(5-6-22(21)27-26-14)17-9-20(12-25-11-17)28-13-19(24)8-15-3-2-4-18(23)7-15;3*3-2(4,5)1(6)7/h2-7,9-12,19H,8,13,24H2,1H3,(H,26,27);3*(H,6,7)/t19-;;;/m0.../s1. The number of rotatable bonds is 6. The van der Waals surface area contributed by atoms with Gasteiger partial charge >= 0.3 is 36.4 Å². The van der Waals surface area contributed by atoms with E-state index < -0.39 is 36.4 Å². The van der Waals surface area contributed by atoms with E-state index in [-0.39, 0.29) is 6.04 Å². The van der Waals surface area contributed by atoms with Crippen molar-refractivity contribution in [1.29, 1.82) is 0 Å². The number of hydrogen-bond donors (Lipinski definition) is 5. The van der Waals surface area contributed by atoms with Crippen LogP contribution in [0.3, 0.4) is 0 Å². The summed E-state index contributed by atoms with van der Waals surface area (Å²) in [6.45, 7) is 2.46. The molecule has 0 aliphatic carbocycles. The molecule has 11 nitrogen and oxygen atoms in total. The van der Waals surface area contributed by atoms with Crippen molar-refractivity contribution in [1.82, 2.24) is 15.2 Å². The number of alkyl halides is 9. The maximum atomic E-state index is 10.6. The Hall–Kier alpha value is -4.67. The molecule has 1 atom stereocenters. The molecule has 0 saturated heterocycles. The Kier molecular flexibility index (Phi) is 15.7. The highest BCUT2D eigenvalue weighted by Gasteiger charge is 2.39. The van der Waals surface area contributed by atoms with Gasteiger partial charge in [0.05, 0.1) is 11.7 Å². The number of hydrogen-bond acceptors (Lipinski definition) is 7. The molecule has 0 bridgehead atoms. The Balaban J connectivity index is 0.000000467. The summed E-state index contributed by atoms with van der Waals surface area (Å²) in [6.07, 6.45) is -10.9. The molecular weight excluding hydrogens is 802 g/mol. The monoisotopic (exact) mass is 826 g/mol. The number of aliphatic carboxylic acids is 3. The van der Waals surface area contributed by atoms with Crippen LogP contribution in [0.4, 0.5) is 39.5 Å². The van der Waals surface area contributed by atoms with Gasteiger partial charge in [-0.15, -0.1) is 0 Å². The lowest BCUT2D eigenvalue weighted by Crippen LogP contribution is -2.30. The van der Waals surface area contributed by atoms with Crippen LogP contribution in [0.1, 0.15) is 11.3 Å². The molecule has 6 N–H and O–H groups in total. The zero-order valence-electron chi connectivity index (χ0n) is 24.5. The fourth-order valence-electron chi connectivity index (χ4n) is 3.20. The van der Waals surface area contributed by atoms with E-state index in [1.54, 1.807) is 6.20 Å². The number of aromatic nitrogens is 3. The topological polar surface area (TPSA) is 189 Å². The van der Waals surface area contributed by atoms with Crippen molar-refractivity contribution in [2.24, 2.45) is 5.73 Å².